The SMILES string of the molecule is c1cc(CC2CCCCN2)c2ncsc2c1. The quantitative estimate of drug-likeness (QED) is 0.861. The molecule has 1 N–H and O–H groups in total. The van der Waals surface area contributed by atoms with Crippen LogP contribution in [-0.2, 0) is 6.42 Å². The van der Waals surface area contributed by atoms with Crippen molar-refractivity contribution in [3.8, 4) is 0 Å². The topological polar surface area (TPSA) is 24.9 Å². The van der Waals surface area contributed by atoms with Crippen LogP contribution in [0.1, 0.15) is 24.8 Å². The van der Waals surface area contributed by atoms with E-state index in [4.69, 9.17) is 0 Å². The summed E-state index contributed by atoms with van der Waals surface area (Å²) in [5.41, 5.74) is 4.56. The Morgan fingerprint density at radius 1 is 1.38 bits per heavy atom. The average Bonchev–Trinajstić information content (AvgIpc) is 2.80. The maximum atomic E-state index is 4.47. The lowest BCUT2D eigenvalue weighted by Crippen LogP contribution is -2.35. The molecule has 0 amide bonds. The molecule has 1 saturated heterocycles. The second-order valence-electron chi connectivity index (χ2n) is 4.47. The smallest absolute Gasteiger partial charge is 0.0844 e. The molecule has 84 valence electrons. The molecule has 1 atom stereocenters. The van der Waals surface area contributed by atoms with Crippen LogP contribution in [0.4, 0.5) is 0 Å². The van der Waals surface area contributed by atoms with Crippen molar-refractivity contribution >= 4 is 21.6 Å². The van der Waals surface area contributed by atoms with Crippen LogP contribution in [0.3, 0.4) is 0 Å². The highest BCUT2D eigenvalue weighted by atomic mass is 32.1. The molecular formula is C13H16N2S. The third-order valence-electron chi connectivity index (χ3n) is 3.32. The minimum Gasteiger partial charge on any atom is -0.314 e. The van der Waals surface area contributed by atoms with Crippen molar-refractivity contribution in [1.82, 2.24) is 10.3 Å². The molecule has 3 rings (SSSR count). The molecule has 0 radical (unpaired) electrons. The van der Waals surface area contributed by atoms with E-state index in [2.05, 4.69) is 28.5 Å². The first-order valence-corrected chi connectivity index (χ1v) is 6.86. The first kappa shape index (κ1) is 10.2. The molecule has 2 nitrogen and oxygen atoms in total. The summed E-state index contributed by atoms with van der Waals surface area (Å²) in [4.78, 5) is 4.47. The van der Waals surface area contributed by atoms with E-state index in [0.717, 1.165) is 6.42 Å². The molecule has 1 aliphatic heterocycles. The third kappa shape index (κ3) is 1.97. The van der Waals surface area contributed by atoms with Gasteiger partial charge in [-0.2, -0.15) is 0 Å². The summed E-state index contributed by atoms with van der Waals surface area (Å²) in [6.45, 7) is 1.18. The summed E-state index contributed by atoms with van der Waals surface area (Å²) in [5, 5.41) is 3.60. The number of aromatic nitrogens is 1. The maximum absolute atomic E-state index is 4.47. The van der Waals surface area contributed by atoms with E-state index in [9.17, 15) is 0 Å². The predicted molar refractivity (Wildman–Crippen MR) is 69.0 cm³/mol. The van der Waals surface area contributed by atoms with Gasteiger partial charge in [0.05, 0.1) is 15.7 Å². The van der Waals surface area contributed by atoms with Crippen molar-refractivity contribution in [3.63, 3.8) is 0 Å². The molecule has 1 unspecified atom stereocenters. The molecule has 0 aliphatic carbocycles. The van der Waals surface area contributed by atoms with E-state index < -0.39 is 0 Å². The fourth-order valence-corrected chi connectivity index (χ4v) is 3.20. The number of piperidine rings is 1. The largest absolute Gasteiger partial charge is 0.314 e. The van der Waals surface area contributed by atoms with E-state index in [1.165, 1.54) is 41.6 Å². The van der Waals surface area contributed by atoms with Gasteiger partial charge in [-0.3, -0.25) is 0 Å². The standard InChI is InChI=1S/C13H16N2S/c1-2-7-14-11(5-1)8-10-4-3-6-12-13(10)15-9-16-12/h3-4,6,9,11,14H,1-2,5,7-8H2. The molecule has 1 fully saturated rings. The molecule has 2 heterocycles. The number of hydrogen-bond acceptors (Lipinski definition) is 3. The molecule has 0 bridgehead atoms. The number of thiazole rings is 1. The van der Waals surface area contributed by atoms with Gasteiger partial charge in [-0.15, -0.1) is 11.3 Å². The molecule has 16 heavy (non-hydrogen) atoms. The lowest BCUT2D eigenvalue weighted by molar-refractivity contribution is 0.400. The zero-order valence-corrected chi connectivity index (χ0v) is 10.1. The van der Waals surface area contributed by atoms with Gasteiger partial charge >= 0.3 is 0 Å². The third-order valence-corrected chi connectivity index (χ3v) is 4.12. The fourth-order valence-electron chi connectivity index (χ4n) is 2.47. The number of nitrogens with one attached hydrogen (secondary N) is 1. The number of rotatable bonds is 2. The van der Waals surface area contributed by atoms with Crippen LogP contribution in [0.2, 0.25) is 0 Å². The lowest BCUT2D eigenvalue weighted by Gasteiger charge is -2.23. The minimum atomic E-state index is 0.654. The van der Waals surface area contributed by atoms with Crippen LogP contribution in [0, 0.1) is 0 Å². The zero-order chi connectivity index (χ0) is 10.8. The van der Waals surface area contributed by atoms with Gasteiger partial charge in [-0.1, -0.05) is 18.6 Å². The van der Waals surface area contributed by atoms with Gasteiger partial charge in [0, 0.05) is 6.04 Å². The first-order chi connectivity index (χ1) is 7.93. The number of benzene rings is 1. The highest BCUT2D eigenvalue weighted by Crippen LogP contribution is 2.23. The zero-order valence-electron chi connectivity index (χ0n) is 9.28. The Labute approximate surface area is 99.7 Å². The highest BCUT2D eigenvalue weighted by molar-refractivity contribution is 7.16. The Kier molecular flexibility index (Phi) is 2.89. The van der Waals surface area contributed by atoms with Gasteiger partial charge in [0.15, 0.2) is 0 Å². The molecular weight excluding hydrogens is 216 g/mol. The van der Waals surface area contributed by atoms with Gasteiger partial charge in [-0.05, 0) is 37.4 Å². The Balaban J connectivity index is 1.85. The average molecular weight is 232 g/mol. The summed E-state index contributed by atoms with van der Waals surface area (Å²) >= 11 is 1.73. The highest BCUT2D eigenvalue weighted by Gasteiger charge is 2.14. The van der Waals surface area contributed by atoms with Crippen LogP contribution in [0.15, 0.2) is 23.7 Å². The van der Waals surface area contributed by atoms with Gasteiger partial charge in [0.2, 0.25) is 0 Å². The van der Waals surface area contributed by atoms with E-state index in [1.807, 2.05) is 5.51 Å². The predicted octanol–water partition coefficient (Wildman–Crippen LogP) is 2.98. The number of fused-ring (bicyclic) bond motifs is 1. The molecule has 1 aromatic heterocycles. The summed E-state index contributed by atoms with van der Waals surface area (Å²) < 4.78 is 1.31. The van der Waals surface area contributed by atoms with Gasteiger partial charge < -0.3 is 5.32 Å². The lowest BCUT2D eigenvalue weighted by atomic mass is 9.97. The Hall–Kier alpha value is -0.930. The van der Waals surface area contributed by atoms with Crippen LogP contribution in [0.5, 0.6) is 0 Å². The summed E-state index contributed by atoms with van der Waals surface area (Å²) in [7, 11) is 0. The van der Waals surface area contributed by atoms with Crippen molar-refractivity contribution in [2.45, 2.75) is 31.7 Å². The van der Waals surface area contributed by atoms with Crippen molar-refractivity contribution in [2.75, 3.05) is 6.54 Å². The minimum absolute atomic E-state index is 0.654. The number of nitrogens with zero attached hydrogens (tertiary/aromatic N) is 1. The Morgan fingerprint density at radius 2 is 2.38 bits per heavy atom. The van der Waals surface area contributed by atoms with Gasteiger partial charge in [0.1, 0.15) is 0 Å². The fraction of sp³-hybridized carbons (Fsp3) is 0.462. The molecule has 1 aromatic carbocycles. The first-order valence-electron chi connectivity index (χ1n) is 5.98. The van der Waals surface area contributed by atoms with Crippen LogP contribution < -0.4 is 5.32 Å². The number of para-hydroxylation sites is 1. The van der Waals surface area contributed by atoms with Gasteiger partial charge in [-0.25, -0.2) is 4.98 Å². The van der Waals surface area contributed by atoms with E-state index in [1.54, 1.807) is 11.3 Å². The Bertz CT molecular complexity index is 471. The molecule has 0 saturated carbocycles. The Morgan fingerprint density at radius 3 is 3.25 bits per heavy atom. The summed E-state index contributed by atoms with van der Waals surface area (Å²) in [5.74, 6) is 0. The normalized spacial score (nSPS) is 21.4. The van der Waals surface area contributed by atoms with Crippen molar-refractivity contribution < 1.29 is 0 Å². The van der Waals surface area contributed by atoms with E-state index in [0.29, 0.717) is 6.04 Å². The monoisotopic (exact) mass is 232 g/mol. The maximum Gasteiger partial charge on any atom is 0.0844 e. The van der Waals surface area contributed by atoms with Crippen molar-refractivity contribution in [3.05, 3.63) is 29.3 Å². The molecule has 1 aliphatic rings. The summed E-state index contributed by atoms with van der Waals surface area (Å²) in [6, 6.07) is 7.18. The van der Waals surface area contributed by atoms with Gasteiger partial charge in [0.25, 0.3) is 0 Å². The summed E-state index contributed by atoms with van der Waals surface area (Å²) in [6.07, 6.45) is 5.13. The van der Waals surface area contributed by atoms with Crippen molar-refractivity contribution in [1.29, 1.82) is 0 Å². The second kappa shape index (κ2) is 4.52. The second-order valence-corrected chi connectivity index (χ2v) is 5.35. The van der Waals surface area contributed by atoms with Crippen molar-refractivity contribution in [2.24, 2.45) is 0 Å². The molecule has 0 spiro atoms. The molecule has 3 heteroatoms. The van der Waals surface area contributed by atoms with Crippen LogP contribution >= 0.6 is 11.3 Å². The molecule has 2 aromatic rings. The van der Waals surface area contributed by atoms with Crippen LogP contribution in [-0.4, -0.2) is 17.6 Å². The van der Waals surface area contributed by atoms with Crippen LogP contribution in [0.25, 0.3) is 10.2 Å². The van der Waals surface area contributed by atoms with E-state index >= 15 is 0 Å². The number of hydrogen-bond donors (Lipinski definition) is 1. The van der Waals surface area contributed by atoms with E-state index in [-0.39, 0.29) is 0 Å².